The molecule has 0 aromatic rings. The average Bonchev–Trinajstić information content (AvgIpc) is 2.13. The normalized spacial score (nSPS) is 10.4. The lowest BCUT2D eigenvalue weighted by Crippen LogP contribution is -2.44. The van der Waals surface area contributed by atoms with Crippen molar-refractivity contribution in [2.24, 2.45) is 0 Å². The predicted octanol–water partition coefficient (Wildman–Crippen LogP) is 0.665. The minimum Gasteiger partial charge on any atom is -0.395 e. The van der Waals surface area contributed by atoms with E-state index in [4.69, 9.17) is 5.11 Å². The van der Waals surface area contributed by atoms with Crippen LogP contribution in [0.1, 0.15) is 13.3 Å². The Morgan fingerprint density at radius 3 is 2.64 bits per heavy atom. The Kier molecular flexibility index (Phi) is 7.00. The fourth-order valence-corrected chi connectivity index (χ4v) is 0.907. The molecule has 0 radical (unpaired) electrons. The fraction of sp³-hybridized carbons (Fsp3) is 0.875. The maximum Gasteiger partial charge on any atom is 0.317 e. The van der Waals surface area contributed by atoms with Gasteiger partial charge in [0.15, 0.2) is 0 Å². The third-order valence-electron chi connectivity index (χ3n) is 1.54. The molecule has 2 N–H and O–H groups in total. The van der Waals surface area contributed by atoms with Crippen molar-refractivity contribution in [2.45, 2.75) is 19.8 Å². The molecule has 0 aliphatic carbocycles. The topological polar surface area (TPSA) is 52.6 Å². The highest BCUT2D eigenvalue weighted by Crippen LogP contribution is 1.98. The first kappa shape index (κ1) is 13.1. The number of hydrogen-bond acceptors (Lipinski definition) is 2. The smallest absolute Gasteiger partial charge is 0.317 e. The number of nitrogens with zero attached hydrogens (tertiary/aromatic N) is 1. The van der Waals surface area contributed by atoms with Crippen molar-refractivity contribution in [1.29, 1.82) is 0 Å². The number of nitrogens with one attached hydrogen (secondary N) is 1. The Hall–Kier alpha value is -0.910. The Balaban J connectivity index is 3.97. The number of carbonyl (C=O) groups is 1. The van der Waals surface area contributed by atoms with Gasteiger partial charge in [0.1, 0.15) is 0 Å². The molecular weight excluding hydrogens is 194 g/mol. The van der Waals surface area contributed by atoms with E-state index in [2.05, 4.69) is 5.32 Å². The maximum atomic E-state index is 12.0. The van der Waals surface area contributed by atoms with Crippen LogP contribution in [0.3, 0.4) is 0 Å². The van der Waals surface area contributed by atoms with Crippen molar-refractivity contribution >= 4 is 6.03 Å². The van der Waals surface area contributed by atoms with Crippen LogP contribution in [0.2, 0.25) is 0 Å². The van der Waals surface area contributed by atoms with Gasteiger partial charge < -0.3 is 15.3 Å². The molecule has 6 heteroatoms. The number of halogens is 2. The minimum atomic E-state index is -2.58. The zero-order valence-electron chi connectivity index (χ0n) is 8.17. The summed E-state index contributed by atoms with van der Waals surface area (Å²) in [6.45, 7) is 1.29. The second kappa shape index (κ2) is 7.49. The van der Waals surface area contributed by atoms with Crippen LogP contribution in [0.15, 0.2) is 0 Å². The summed E-state index contributed by atoms with van der Waals surface area (Å²) < 4.78 is 24.0. The van der Waals surface area contributed by atoms with Crippen LogP contribution in [0.4, 0.5) is 13.6 Å². The molecule has 2 amide bonds. The van der Waals surface area contributed by atoms with Crippen molar-refractivity contribution in [3.8, 4) is 0 Å². The number of aliphatic hydroxyl groups excluding tert-OH is 1. The van der Waals surface area contributed by atoms with E-state index in [1.165, 1.54) is 0 Å². The molecule has 0 aromatic heterocycles. The quantitative estimate of drug-likeness (QED) is 0.676. The van der Waals surface area contributed by atoms with Crippen molar-refractivity contribution in [1.82, 2.24) is 10.2 Å². The van der Waals surface area contributed by atoms with Crippen LogP contribution < -0.4 is 5.32 Å². The molecule has 0 heterocycles. The number of carbonyl (C=O) groups excluding carboxylic acids is 1. The molecule has 0 aliphatic rings. The van der Waals surface area contributed by atoms with Crippen LogP contribution in [0.5, 0.6) is 0 Å². The molecule has 4 nitrogen and oxygen atoms in total. The SMILES string of the molecule is CCCNC(=O)N(CCO)CC(F)F. The molecule has 0 fully saturated rings. The van der Waals surface area contributed by atoms with Gasteiger partial charge in [-0.05, 0) is 6.42 Å². The Bertz CT molecular complexity index is 167. The largest absolute Gasteiger partial charge is 0.395 e. The summed E-state index contributed by atoms with van der Waals surface area (Å²) in [5.74, 6) is 0. The van der Waals surface area contributed by atoms with Crippen molar-refractivity contribution in [3.05, 3.63) is 0 Å². The van der Waals surface area contributed by atoms with E-state index in [0.717, 1.165) is 11.3 Å². The second-order valence-electron chi connectivity index (χ2n) is 2.79. The van der Waals surface area contributed by atoms with E-state index < -0.39 is 19.0 Å². The zero-order chi connectivity index (χ0) is 11.0. The molecule has 0 aliphatic heterocycles. The predicted molar refractivity (Wildman–Crippen MR) is 48.4 cm³/mol. The first-order valence-electron chi connectivity index (χ1n) is 4.53. The molecule has 0 unspecified atom stereocenters. The summed E-state index contributed by atoms with van der Waals surface area (Å²) in [5.41, 5.74) is 0. The Morgan fingerprint density at radius 1 is 1.57 bits per heavy atom. The lowest BCUT2D eigenvalue weighted by Gasteiger charge is -2.21. The van der Waals surface area contributed by atoms with E-state index in [9.17, 15) is 13.6 Å². The molecule has 0 saturated heterocycles. The number of aliphatic hydroxyl groups is 1. The van der Waals surface area contributed by atoms with Crippen molar-refractivity contribution < 1.29 is 18.7 Å². The Morgan fingerprint density at radius 2 is 2.21 bits per heavy atom. The van der Waals surface area contributed by atoms with E-state index in [1.807, 2.05) is 6.92 Å². The average molecular weight is 210 g/mol. The van der Waals surface area contributed by atoms with Gasteiger partial charge in [-0.1, -0.05) is 6.92 Å². The van der Waals surface area contributed by atoms with E-state index in [1.54, 1.807) is 0 Å². The van der Waals surface area contributed by atoms with Gasteiger partial charge in [-0.25, -0.2) is 13.6 Å². The summed E-state index contributed by atoms with van der Waals surface area (Å²) in [7, 11) is 0. The number of rotatable bonds is 6. The molecular formula is C8H16F2N2O2. The standard InChI is InChI=1S/C8H16F2N2O2/c1-2-3-11-8(14)12(4-5-13)6-7(9)10/h7,13H,2-6H2,1H3,(H,11,14). The third-order valence-corrected chi connectivity index (χ3v) is 1.54. The van der Waals surface area contributed by atoms with Gasteiger partial charge in [-0.2, -0.15) is 0 Å². The van der Waals surface area contributed by atoms with Gasteiger partial charge in [0.05, 0.1) is 13.2 Å². The van der Waals surface area contributed by atoms with Gasteiger partial charge >= 0.3 is 6.03 Å². The van der Waals surface area contributed by atoms with E-state index >= 15 is 0 Å². The second-order valence-corrected chi connectivity index (χ2v) is 2.79. The lowest BCUT2D eigenvalue weighted by atomic mass is 10.4. The number of hydrogen-bond donors (Lipinski definition) is 2. The highest BCUT2D eigenvalue weighted by molar-refractivity contribution is 5.74. The van der Waals surface area contributed by atoms with Gasteiger partial charge in [0, 0.05) is 13.1 Å². The molecule has 0 bridgehead atoms. The van der Waals surface area contributed by atoms with E-state index in [0.29, 0.717) is 6.54 Å². The first-order chi connectivity index (χ1) is 6.61. The molecule has 0 atom stereocenters. The van der Waals surface area contributed by atoms with Gasteiger partial charge in [-0.3, -0.25) is 0 Å². The summed E-state index contributed by atoms with van der Waals surface area (Å²) in [5, 5.41) is 11.0. The van der Waals surface area contributed by atoms with Crippen LogP contribution >= 0.6 is 0 Å². The fourth-order valence-electron chi connectivity index (χ4n) is 0.907. The zero-order valence-corrected chi connectivity index (χ0v) is 8.17. The molecule has 0 spiro atoms. The number of amides is 2. The molecule has 14 heavy (non-hydrogen) atoms. The third kappa shape index (κ3) is 5.69. The molecule has 0 saturated carbocycles. The van der Waals surface area contributed by atoms with Crippen LogP contribution in [-0.2, 0) is 0 Å². The highest BCUT2D eigenvalue weighted by Gasteiger charge is 2.16. The highest BCUT2D eigenvalue weighted by atomic mass is 19.3. The monoisotopic (exact) mass is 210 g/mol. The van der Waals surface area contributed by atoms with Gasteiger partial charge in [0.2, 0.25) is 0 Å². The van der Waals surface area contributed by atoms with E-state index in [-0.39, 0.29) is 13.2 Å². The van der Waals surface area contributed by atoms with Crippen LogP contribution in [-0.4, -0.2) is 48.7 Å². The van der Waals surface area contributed by atoms with Gasteiger partial charge in [-0.15, -0.1) is 0 Å². The molecule has 0 rings (SSSR count). The molecule has 0 aromatic carbocycles. The maximum absolute atomic E-state index is 12.0. The minimum absolute atomic E-state index is 0.0696. The molecule has 84 valence electrons. The lowest BCUT2D eigenvalue weighted by molar-refractivity contribution is 0.0903. The number of urea groups is 1. The summed E-state index contributed by atoms with van der Waals surface area (Å²) >= 11 is 0. The van der Waals surface area contributed by atoms with Crippen molar-refractivity contribution in [3.63, 3.8) is 0 Å². The first-order valence-corrected chi connectivity index (χ1v) is 4.53. The number of alkyl halides is 2. The Labute approximate surface area is 81.9 Å². The van der Waals surface area contributed by atoms with Gasteiger partial charge in [0.25, 0.3) is 6.43 Å². The van der Waals surface area contributed by atoms with Crippen molar-refractivity contribution in [2.75, 3.05) is 26.2 Å². The summed E-state index contributed by atoms with van der Waals surface area (Å²) in [6.07, 6.45) is -1.83. The summed E-state index contributed by atoms with van der Waals surface area (Å²) in [4.78, 5) is 12.1. The summed E-state index contributed by atoms with van der Waals surface area (Å²) in [6, 6.07) is -0.554. The van der Waals surface area contributed by atoms with Crippen LogP contribution in [0.25, 0.3) is 0 Å². The van der Waals surface area contributed by atoms with Crippen LogP contribution in [0, 0.1) is 0 Å².